The molecule has 1 saturated carbocycles. The van der Waals surface area contributed by atoms with Crippen LogP contribution in [-0.4, -0.2) is 101 Å². The second-order valence-corrected chi connectivity index (χ2v) is 19.5. The van der Waals surface area contributed by atoms with Gasteiger partial charge in [0.25, 0.3) is 11.8 Å². The third kappa shape index (κ3) is 8.86. The number of hydrogen-bond acceptors (Lipinski definition) is 8. The normalized spacial score (nSPS) is 19.9. The lowest BCUT2D eigenvalue weighted by molar-refractivity contribution is -0.139. The zero-order valence-corrected chi connectivity index (χ0v) is 36.6. The Morgan fingerprint density at radius 1 is 0.883 bits per heavy atom. The van der Waals surface area contributed by atoms with Crippen molar-refractivity contribution in [3.63, 3.8) is 0 Å². The van der Waals surface area contributed by atoms with Crippen LogP contribution in [0.25, 0.3) is 10.4 Å². The van der Waals surface area contributed by atoms with Gasteiger partial charge in [-0.05, 0) is 103 Å². The van der Waals surface area contributed by atoms with E-state index in [0.29, 0.717) is 31.6 Å². The summed E-state index contributed by atoms with van der Waals surface area (Å²) in [6, 6.07) is 22.0. The molecule has 12 heteroatoms. The summed E-state index contributed by atoms with van der Waals surface area (Å²) in [5.74, 6) is -0.465. The summed E-state index contributed by atoms with van der Waals surface area (Å²) in [4.78, 5) is 67.1. The number of carbonyl (C=O) groups excluding carboxylic acids is 4. The van der Waals surface area contributed by atoms with Gasteiger partial charge in [-0.3, -0.25) is 24.1 Å². The number of nitrogens with one attached hydrogen (secondary N) is 2. The molecule has 1 atom stereocenters. The van der Waals surface area contributed by atoms with Gasteiger partial charge in [-0.25, -0.2) is 4.98 Å². The van der Waals surface area contributed by atoms with Crippen LogP contribution in [0.1, 0.15) is 96.5 Å². The van der Waals surface area contributed by atoms with Crippen molar-refractivity contribution in [3.05, 3.63) is 106 Å². The quantitative estimate of drug-likeness (QED) is 0.154. The van der Waals surface area contributed by atoms with Gasteiger partial charge < -0.3 is 25.3 Å². The number of likely N-dealkylation sites (tertiary alicyclic amines) is 1. The molecule has 316 valence electrons. The molecule has 0 unspecified atom stereocenters. The predicted molar refractivity (Wildman–Crippen MR) is 237 cm³/mol. The van der Waals surface area contributed by atoms with Gasteiger partial charge in [-0.15, -0.1) is 11.3 Å². The maximum Gasteiger partial charge on any atom is 0.255 e. The van der Waals surface area contributed by atoms with Crippen LogP contribution in [0.4, 0.5) is 5.69 Å². The molecule has 0 spiro atoms. The van der Waals surface area contributed by atoms with Crippen LogP contribution in [0.15, 0.2) is 72.2 Å². The molecule has 3 aromatic carbocycles. The molecule has 11 nitrogen and oxygen atoms in total. The van der Waals surface area contributed by atoms with Gasteiger partial charge in [0.15, 0.2) is 0 Å². The number of fused-ring (bicyclic) bond motifs is 1. The lowest BCUT2D eigenvalue weighted by atomic mass is 9.52. The molecule has 1 aliphatic carbocycles. The summed E-state index contributed by atoms with van der Waals surface area (Å²) in [6.45, 7) is 16.8. The van der Waals surface area contributed by atoms with Crippen LogP contribution in [0.3, 0.4) is 0 Å². The Hall–Kier alpha value is -5.07. The van der Waals surface area contributed by atoms with Gasteiger partial charge in [-0.1, -0.05) is 70.2 Å². The molecule has 0 bridgehead atoms. The fourth-order valence-electron chi connectivity index (χ4n) is 10.4. The van der Waals surface area contributed by atoms with Crippen molar-refractivity contribution in [3.8, 4) is 10.4 Å². The highest BCUT2D eigenvalue weighted by molar-refractivity contribution is 7.13. The molecule has 4 heterocycles. The Kier molecular flexibility index (Phi) is 11.9. The fourth-order valence-corrected chi connectivity index (χ4v) is 11.2. The third-order valence-corrected chi connectivity index (χ3v) is 14.2. The minimum Gasteiger partial charge on any atom is -0.369 e. The highest BCUT2D eigenvalue weighted by Crippen LogP contribution is 2.53. The van der Waals surface area contributed by atoms with Gasteiger partial charge >= 0.3 is 0 Å². The number of piperazine rings is 1. The van der Waals surface area contributed by atoms with E-state index < -0.39 is 6.04 Å². The molecule has 3 fully saturated rings. The highest BCUT2D eigenvalue weighted by atomic mass is 32.1. The largest absolute Gasteiger partial charge is 0.369 e. The van der Waals surface area contributed by atoms with E-state index in [0.717, 1.165) is 96.9 Å². The maximum atomic E-state index is 13.6. The number of hydrogen-bond donors (Lipinski definition) is 2. The SMILES string of the molecule is Cc1ncsc1-c1ccc(CNC(=O)[C@@H]2CCCN2C(=O)CN2Cc3ccc(N4CCN(CCCc5ccc(C(=O)NC6C(C)(C)CC6(C)C)cc5)CC4)cc3C2=O)cc1. The first-order chi connectivity index (χ1) is 28.8. The summed E-state index contributed by atoms with van der Waals surface area (Å²) < 4.78 is 0. The van der Waals surface area contributed by atoms with Crippen LogP contribution >= 0.6 is 11.3 Å². The smallest absolute Gasteiger partial charge is 0.255 e. The van der Waals surface area contributed by atoms with Crippen molar-refractivity contribution < 1.29 is 19.2 Å². The summed E-state index contributed by atoms with van der Waals surface area (Å²) in [7, 11) is 0. The van der Waals surface area contributed by atoms with Gasteiger partial charge in [-0.2, -0.15) is 0 Å². The lowest BCUT2D eigenvalue weighted by Gasteiger charge is -2.57. The molecule has 8 rings (SSSR count). The highest BCUT2D eigenvalue weighted by Gasteiger charge is 2.53. The average molecular weight is 830 g/mol. The van der Waals surface area contributed by atoms with Crippen molar-refractivity contribution in [2.24, 2.45) is 10.8 Å². The minimum atomic E-state index is -0.537. The molecule has 2 saturated heterocycles. The first kappa shape index (κ1) is 41.7. The minimum absolute atomic E-state index is 0.0107. The van der Waals surface area contributed by atoms with Crippen molar-refractivity contribution in [2.75, 3.05) is 50.7 Å². The molecule has 60 heavy (non-hydrogen) atoms. The number of aryl methyl sites for hydroxylation is 2. The number of rotatable bonds is 13. The van der Waals surface area contributed by atoms with E-state index in [1.54, 1.807) is 21.1 Å². The van der Waals surface area contributed by atoms with Gasteiger partial charge in [0.05, 0.1) is 16.1 Å². The monoisotopic (exact) mass is 829 g/mol. The first-order valence-corrected chi connectivity index (χ1v) is 22.5. The van der Waals surface area contributed by atoms with Crippen LogP contribution in [0, 0.1) is 17.8 Å². The number of anilines is 1. The van der Waals surface area contributed by atoms with Crippen LogP contribution < -0.4 is 15.5 Å². The second-order valence-electron chi connectivity index (χ2n) is 18.6. The van der Waals surface area contributed by atoms with Crippen LogP contribution in [0.5, 0.6) is 0 Å². The molecule has 3 aliphatic heterocycles. The molecule has 2 N–H and O–H groups in total. The maximum absolute atomic E-state index is 13.6. The van der Waals surface area contributed by atoms with Gasteiger partial charge in [0.2, 0.25) is 11.8 Å². The Balaban J connectivity index is 0.765. The number of benzene rings is 3. The Morgan fingerprint density at radius 3 is 2.28 bits per heavy atom. The van der Waals surface area contributed by atoms with Gasteiger partial charge in [0.1, 0.15) is 12.6 Å². The second kappa shape index (κ2) is 17.1. The van der Waals surface area contributed by atoms with Crippen LogP contribution in [0.2, 0.25) is 0 Å². The number of carbonyl (C=O) groups is 4. The molecule has 0 radical (unpaired) electrons. The van der Waals surface area contributed by atoms with Gasteiger partial charge in [0, 0.05) is 68.7 Å². The Bertz CT molecular complexity index is 2210. The van der Waals surface area contributed by atoms with E-state index >= 15 is 0 Å². The Labute approximate surface area is 358 Å². The molecule has 4 aromatic rings. The van der Waals surface area contributed by atoms with Crippen molar-refractivity contribution in [1.29, 1.82) is 0 Å². The fraction of sp³-hybridized carbons (Fsp3) is 0.479. The summed E-state index contributed by atoms with van der Waals surface area (Å²) in [5, 5.41) is 6.33. The number of aromatic nitrogens is 1. The Morgan fingerprint density at radius 2 is 1.60 bits per heavy atom. The molecule has 4 aliphatic rings. The standard InChI is InChI=1S/C48H59N7O4S/c1-32-42(60-31-50-32)35-14-12-34(13-15-35)27-49-44(58)40-9-7-21-55(40)41(56)29-54-28-37-18-19-38(26-39(37)45(54)59)53-24-22-52(23-25-53)20-6-8-33-10-16-36(17-11-33)43(57)51-46-47(2,3)30-48(46,4)5/h10-19,26,31,40,46H,6-9,20-25,27-30H2,1-5H3,(H,49,58)(H,51,57)/t40-/m0/s1. The van der Waals surface area contributed by atoms with E-state index in [1.807, 2.05) is 61.0 Å². The number of thiazole rings is 1. The molecule has 4 amide bonds. The third-order valence-electron chi connectivity index (χ3n) is 13.2. The molecular weight excluding hydrogens is 771 g/mol. The topological polar surface area (TPSA) is 118 Å². The van der Waals surface area contributed by atoms with E-state index in [4.69, 9.17) is 0 Å². The zero-order valence-electron chi connectivity index (χ0n) is 35.8. The lowest BCUT2D eigenvalue weighted by Crippen LogP contribution is -2.63. The summed E-state index contributed by atoms with van der Waals surface area (Å²) >= 11 is 1.61. The molecular formula is C48H59N7O4S. The summed E-state index contributed by atoms with van der Waals surface area (Å²) in [6.07, 6.45) is 4.48. The van der Waals surface area contributed by atoms with Crippen molar-refractivity contribution in [2.45, 2.75) is 91.9 Å². The first-order valence-electron chi connectivity index (χ1n) is 21.6. The molecule has 1 aromatic heterocycles. The zero-order chi connectivity index (χ0) is 42.2. The predicted octanol–water partition coefficient (Wildman–Crippen LogP) is 6.69. The van der Waals surface area contributed by atoms with Crippen molar-refractivity contribution in [1.82, 2.24) is 30.3 Å². The van der Waals surface area contributed by atoms with E-state index in [9.17, 15) is 19.2 Å². The van der Waals surface area contributed by atoms with E-state index in [2.05, 4.69) is 71.3 Å². The van der Waals surface area contributed by atoms with E-state index in [-0.39, 0.29) is 47.0 Å². The number of amides is 4. The summed E-state index contributed by atoms with van der Waals surface area (Å²) in [5.41, 5.74) is 9.78. The van der Waals surface area contributed by atoms with Crippen LogP contribution in [-0.2, 0) is 29.1 Å². The number of nitrogens with zero attached hydrogens (tertiary/aromatic N) is 5. The van der Waals surface area contributed by atoms with Crippen molar-refractivity contribution >= 4 is 40.7 Å². The van der Waals surface area contributed by atoms with E-state index in [1.165, 1.54) is 5.56 Å². The average Bonchev–Trinajstić information content (AvgIpc) is 3.98.